The maximum Gasteiger partial charge on any atom is 0.433 e. The molecule has 2 heterocycles. The number of fused-ring (bicyclic) bond motifs is 1. The number of anilines is 1. The van der Waals surface area contributed by atoms with Crippen LogP contribution in [0.2, 0.25) is 0 Å². The molecule has 2 N–H and O–H groups in total. The van der Waals surface area contributed by atoms with Gasteiger partial charge in [0.1, 0.15) is 22.6 Å². The fourth-order valence-corrected chi connectivity index (χ4v) is 3.31. The molecule has 3 aromatic rings. The topological polar surface area (TPSA) is 98.5 Å². The van der Waals surface area contributed by atoms with E-state index in [1.54, 1.807) is 39.0 Å². The van der Waals surface area contributed by atoms with Crippen LogP contribution in [0.3, 0.4) is 0 Å². The maximum atomic E-state index is 12.7. The van der Waals surface area contributed by atoms with Crippen LogP contribution in [0.15, 0.2) is 40.9 Å². The average Bonchev–Trinajstić information content (AvgIpc) is 3.23. The van der Waals surface area contributed by atoms with E-state index in [1.807, 2.05) is 0 Å². The van der Waals surface area contributed by atoms with Gasteiger partial charge < -0.3 is 24.5 Å². The summed E-state index contributed by atoms with van der Waals surface area (Å²) >= 11 is 0. The molecule has 202 valence electrons. The molecule has 0 saturated heterocycles. The zero-order valence-electron chi connectivity index (χ0n) is 20.8. The number of nitrogens with zero attached hydrogens (tertiary/aromatic N) is 2. The molecule has 1 aromatic carbocycles. The van der Waals surface area contributed by atoms with Gasteiger partial charge in [-0.2, -0.15) is 18.2 Å². The first-order valence-corrected chi connectivity index (χ1v) is 11.7. The highest BCUT2D eigenvalue weighted by atomic mass is 19.4. The highest BCUT2D eigenvalue weighted by molar-refractivity contribution is 5.76. The molecule has 3 rings (SSSR count). The molecule has 0 bridgehead atoms. The van der Waals surface area contributed by atoms with Gasteiger partial charge in [-0.05, 0) is 57.4 Å². The van der Waals surface area contributed by atoms with Crippen molar-refractivity contribution in [3.8, 4) is 5.75 Å². The van der Waals surface area contributed by atoms with Crippen molar-refractivity contribution in [3.63, 3.8) is 0 Å². The molecule has 1 unspecified atom stereocenters. The van der Waals surface area contributed by atoms with Gasteiger partial charge in [0.2, 0.25) is 0 Å². The van der Waals surface area contributed by atoms with Crippen molar-refractivity contribution in [1.82, 2.24) is 15.3 Å². The maximum absolute atomic E-state index is 12.7. The Bertz CT molecular complexity index is 1160. The van der Waals surface area contributed by atoms with Crippen molar-refractivity contribution in [1.29, 1.82) is 0 Å². The lowest BCUT2D eigenvalue weighted by Gasteiger charge is -2.22. The van der Waals surface area contributed by atoms with Crippen molar-refractivity contribution in [2.45, 2.75) is 51.9 Å². The number of hydrogen-bond acceptors (Lipinski definition) is 7. The molecule has 0 spiro atoms. The number of halogens is 4. The standard InChI is InChI=1S/C25H30F4N4O4/c1-24(2,3)37-23(34)32-14-17(5-4-10-26)15-35-18-7-8-19-20(11-18)36-22(33-19)31-13-16-6-9-21(30-12-16)25(27,28)29/h6-9,11-12,17H,4-5,10,13-15H2,1-3H3,(H,31,33)(H,32,34). The Labute approximate surface area is 211 Å². The first kappa shape index (κ1) is 28.0. The molecular weight excluding hydrogens is 496 g/mol. The summed E-state index contributed by atoms with van der Waals surface area (Å²) in [6.45, 7) is 5.51. The number of carbonyl (C=O) groups excluding carboxylic acids is 1. The molecule has 12 heteroatoms. The number of rotatable bonds is 11. The van der Waals surface area contributed by atoms with E-state index in [0.717, 1.165) is 12.3 Å². The number of oxazole rings is 1. The number of alkyl carbamates (subject to hydrolysis) is 1. The van der Waals surface area contributed by atoms with E-state index in [1.165, 1.54) is 6.07 Å². The highest BCUT2D eigenvalue weighted by Gasteiger charge is 2.32. The number of ether oxygens (including phenoxy) is 2. The van der Waals surface area contributed by atoms with Gasteiger partial charge in [-0.3, -0.25) is 9.37 Å². The second-order valence-electron chi connectivity index (χ2n) is 9.44. The number of pyridine rings is 1. The normalized spacial score (nSPS) is 12.8. The molecule has 0 aliphatic rings. The van der Waals surface area contributed by atoms with E-state index in [-0.39, 0.29) is 31.6 Å². The minimum absolute atomic E-state index is 0.136. The Morgan fingerprint density at radius 3 is 2.59 bits per heavy atom. The van der Waals surface area contributed by atoms with E-state index in [9.17, 15) is 22.4 Å². The van der Waals surface area contributed by atoms with Gasteiger partial charge in [0, 0.05) is 31.3 Å². The molecule has 8 nitrogen and oxygen atoms in total. The Balaban J connectivity index is 1.56. The van der Waals surface area contributed by atoms with Crippen LogP contribution in [0.25, 0.3) is 11.1 Å². The molecule has 37 heavy (non-hydrogen) atoms. The van der Waals surface area contributed by atoms with E-state index >= 15 is 0 Å². The van der Waals surface area contributed by atoms with Crippen molar-refractivity contribution in [2.75, 3.05) is 25.1 Å². The minimum atomic E-state index is -4.49. The summed E-state index contributed by atoms with van der Waals surface area (Å²) < 4.78 is 67.4. The first-order valence-electron chi connectivity index (χ1n) is 11.7. The smallest absolute Gasteiger partial charge is 0.433 e. The predicted octanol–water partition coefficient (Wildman–Crippen LogP) is 6.12. The van der Waals surface area contributed by atoms with Gasteiger partial charge in [0.25, 0.3) is 6.01 Å². The number of benzene rings is 1. The number of amides is 1. The van der Waals surface area contributed by atoms with E-state index < -0.39 is 30.2 Å². The summed E-state index contributed by atoms with van der Waals surface area (Å²) in [5.41, 5.74) is -0.0559. The lowest BCUT2D eigenvalue weighted by atomic mass is 10.0. The number of aromatic nitrogens is 2. The summed E-state index contributed by atoms with van der Waals surface area (Å²) in [4.78, 5) is 19.7. The number of alkyl halides is 4. The zero-order valence-corrected chi connectivity index (χ0v) is 20.8. The summed E-state index contributed by atoms with van der Waals surface area (Å²) in [5.74, 6) is 0.368. The molecule has 1 atom stereocenters. The van der Waals surface area contributed by atoms with Crippen LogP contribution in [0, 0.1) is 5.92 Å². The fraction of sp³-hybridized carbons (Fsp3) is 0.480. The van der Waals surface area contributed by atoms with Crippen LogP contribution >= 0.6 is 0 Å². The monoisotopic (exact) mass is 526 g/mol. The molecule has 1 amide bonds. The van der Waals surface area contributed by atoms with Gasteiger partial charge in [-0.1, -0.05) is 6.07 Å². The summed E-state index contributed by atoms with van der Waals surface area (Å²) in [7, 11) is 0. The van der Waals surface area contributed by atoms with Gasteiger partial charge in [0.15, 0.2) is 5.58 Å². The Hall–Kier alpha value is -3.57. The Morgan fingerprint density at radius 2 is 1.95 bits per heavy atom. The Kier molecular flexibility index (Phi) is 9.17. The van der Waals surface area contributed by atoms with Gasteiger partial charge in [0.05, 0.1) is 13.3 Å². The largest absolute Gasteiger partial charge is 0.493 e. The molecule has 0 fully saturated rings. The molecule has 2 aromatic heterocycles. The van der Waals surface area contributed by atoms with Crippen LogP contribution in [0.1, 0.15) is 44.9 Å². The van der Waals surface area contributed by atoms with E-state index in [0.29, 0.717) is 35.3 Å². The highest BCUT2D eigenvalue weighted by Crippen LogP contribution is 2.28. The quantitative estimate of drug-likeness (QED) is 0.290. The minimum Gasteiger partial charge on any atom is -0.493 e. The first-order chi connectivity index (χ1) is 17.4. The van der Waals surface area contributed by atoms with Gasteiger partial charge >= 0.3 is 12.3 Å². The van der Waals surface area contributed by atoms with Crippen LogP contribution in [-0.2, 0) is 17.5 Å². The summed E-state index contributed by atoms with van der Waals surface area (Å²) in [6.07, 6.45) is -3.04. The van der Waals surface area contributed by atoms with Crippen molar-refractivity contribution < 1.29 is 36.2 Å². The van der Waals surface area contributed by atoms with Crippen LogP contribution < -0.4 is 15.4 Å². The average molecular weight is 527 g/mol. The third-order valence-electron chi connectivity index (χ3n) is 5.08. The molecule has 0 aliphatic carbocycles. The zero-order chi connectivity index (χ0) is 27.1. The lowest BCUT2D eigenvalue weighted by molar-refractivity contribution is -0.141. The van der Waals surface area contributed by atoms with Crippen LogP contribution in [0.4, 0.5) is 28.4 Å². The van der Waals surface area contributed by atoms with Crippen molar-refractivity contribution >= 4 is 23.2 Å². The fourth-order valence-electron chi connectivity index (χ4n) is 3.31. The van der Waals surface area contributed by atoms with Crippen LogP contribution in [0.5, 0.6) is 5.75 Å². The van der Waals surface area contributed by atoms with Crippen molar-refractivity contribution in [2.24, 2.45) is 5.92 Å². The number of carbonyl (C=O) groups is 1. The third-order valence-corrected chi connectivity index (χ3v) is 5.08. The summed E-state index contributed by atoms with van der Waals surface area (Å²) in [6, 6.07) is 7.50. The lowest BCUT2D eigenvalue weighted by Crippen LogP contribution is -2.36. The molecule has 0 saturated carbocycles. The second kappa shape index (κ2) is 12.1. The van der Waals surface area contributed by atoms with Gasteiger partial charge in [-0.25, -0.2) is 4.79 Å². The Morgan fingerprint density at radius 1 is 1.16 bits per heavy atom. The van der Waals surface area contributed by atoms with E-state index in [2.05, 4.69) is 20.6 Å². The number of nitrogens with one attached hydrogen (secondary N) is 2. The SMILES string of the molecule is CC(C)(C)OC(=O)NCC(CCCF)COc1ccc2nc(NCc3ccc(C(F)(F)F)nc3)oc2c1. The number of hydrogen-bond donors (Lipinski definition) is 2. The molecule has 0 radical (unpaired) electrons. The van der Waals surface area contributed by atoms with E-state index in [4.69, 9.17) is 13.9 Å². The van der Waals surface area contributed by atoms with Gasteiger partial charge in [-0.15, -0.1) is 0 Å². The molecular formula is C25H30F4N4O4. The predicted molar refractivity (Wildman–Crippen MR) is 129 cm³/mol. The second-order valence-corrected chi connectivity index (χ2v) is 9.44. The van der Waals surface area contributed by atoms with Crippen molar-refractivity contribution in [3.05, 3.63) is 47.8 Å². The third kappa shape index (κ3) is 9.10. The summed E-state index contributed by atoms with van der Waals surface area (Å²) in [5, 5.41) is 5.61. The van der Waals surface area contributed by atoms with Crippen LogP contribution in [-0.4, -0.2) is 41.5 Å². The molecule has 0 aliphatic heterocycles.